The van der Waals surface area contributed by atoms with Gasteiger partial charge in [-0.15, -0.1) is 0 Å². The van der Waals surface area contributed by atoms with Gasteiger partial charge >= 0.3 is 0 Å². The lowest BCUT2D eigenvalue weighted by molar-refractivity contribution is -0.115. The van der Waals surface area contributed by atoms with Crippen molar-refractivity contribution < 1.29 is 9.18 Å². The number of carbonyl (C=O) groups is 1. The van der Waals surface area contributed by atoms with Crippen molar-refractivity contribution in [3.8, 4) is 0 Å². The number of nitrogens with one attached hydrogen (secondary N) is 1. The lowest BCUT2D eigenvalue weighted by Gasteiger charge is -2.09. The van der Waals surface area contributed by atoms with E-state index in [4.69, 9.17) is 0 Å². The van der Waals surface area contributed by atoms with Crippen LogP contribution < -0.4 is 5.32 Å². The van der Waals surface area contributed by atoms with E-state index in [2.05, 4.69) is 24.3 Å². The minimum Gasteiger partial charge on any atom is -0.323 e. The maximum atomic E-state index is 13.6. The van der Waals surface area contributed by atoms with Crippen molar-refractivity contribution in [2.45, 2.75) is 40.7 Å². The first-order chi connectivity index (χ1) is 10.4. The molecule has 22 heavy (non-hydrogen) atoms. The molecule has 0 saturated heterocycles. The zero-order valence-electron chi connectivity index (χ0n) is 13.5. The summed E-state index contributed by atoms with van der Waals surface area (Å²) >= 11 is 0. The Labute approximate surface area is 130 Å². The van der Waals surface area contributed by atoms with Crippen molar-refractivity contribution in [1.29, 1.82) is 0 Å². The van der Waals surface area contributed by atoms with Gasteiger partial charge in [0.25, 0.3) is 0 Å². The van der Waals surface area contributed by atoms with Crippen molar-refractivity contribution in [3.63, 3.8) is 0 Å². The van der Waals surface area contributed by atoms with E-state index >= 15 is 0 Å². The molecule has 1 heterocycles. The number of aryl methyl sites for hydroxylation is 1. The Morgan fingerprint density at radius 1 is 1.32 bits per heavy atom. The van der Waals surface area contributed by atoms with Crippen LogP contribution in [0.25, 0.3) is 0 Å². The minimum absolute atomic E-state index is 0.199. The molecule has 0 unspecified atom stereocenters. The second-order valence-electron chi connectivity index (χ2n) is 5.93. The Morgan fingerprint density at radius 3 is 2.64 bits per heavy atom. The SMILES string of the molecule is Cc1nn(CC(C)C)c(C)c1CC(=O)Nc1ccccc1F. The molecule has 0 spiro atoms. The van der Waals surface area contributed by atoms with Gasteiger partial charge in [-0.2, -0.15) is 5.10 Å². The van der Waals surface area contributed by atoms with E-state index in [0.29, 0.717) is 5.92 Å². The molecule has 0 aliphatic heterocycles. The van der Waals surface area contributed by atoms with E-state index < -0.39 is 5.82 Å². The summed E-state index contributed by atoms with van der Waals surface area (Å²) in [6.07, 6.45) is 0.199. The minimum atomic E-state index is -0.431. The quantitative estimate of drug-likeness (QED) is 0.919. The zero-order chi connectivity index (χ0) is 16.3. The smallest absolute Gasteiger partial charge is 0.229 e. The molecular formula is C17H22FN3O. The first kappa shape index (κ1) is 16.2. The Balaban J connectivity index is 2.12. The third kappa shape index (κ3) is 3.72. The lowest BCUT2D eigenvalue weighted by atomic mass is 10.1. The van der Waals surface area contributed by atoms with Crippen LogP contribution in [-0.2, 0) is 17.8 Å². The van der Waals surface area contributed by atoms with E-state index in [1.807, 2.05) is 18.5 Å². The molecule has 0 aliphatic rings. The van der Waals surface area contributed by atoms with Gasteiger partial charge in [-0.05, 0) is 31.9 Å². The fourth-order valence-electron chi connectivity index (χ4n) is 2.43. The number of anilines is 1. The summed E-state index contributed by atoms with van der Waals surface area (Å²) in [6, 6.07) is 6.16. The third-order valence-electron chi connectivity index (χ3n) is 3.55. The third-order valence-corrected chi connectivity index (χ3v) is 3.55. The number of hydrogen-bond acceptors (Lipinski definition) is 2. The van der Waals surface area contributed by atoms with Crippen molar-refractivity contribution in [2.24, 2.45) is 5.92 Å². The number of rotatable bonds is 5. The molecule has 5 heteroatoms. The summed E-state index contributed by atoms with van der Waals surface area (Å²) in [4.78, 5) is 12.2. The maximum absolute atomic E-state index is 13.6. The van der Waals surface area contributed by atoms with Crippen molar-refractivity contribution in [3.05, 3.63) is 47.0 Å². The van der Waals surface area contributed by atoms with Crippen LogP contribution >= 0.6 is 0 Å². The molecule has 118 valence electrons. The second-order valence-corrected chi connectivity index (χ2v) is 5.93. The van der Waals surface area contributed by atoms with E-state index in [-0.39, 0.29) is 18.0 Å². The molecule has 4 nitrogen and oxygen atoms in total. The summed E-state index contributed by atoms with van der Waals surface area (Å²) in [6.45, 7) is 8.94. The average Bonchev–Trinajstić information content (AvgIpc) is 2.68. The van der Waals surface area contributed by atoms with Gasteiger partial charge in [-0.25, -0.2) is 4.39 Å². The highest BCUT2D eigenvalue weighted by Crippen LogP contribution is 2.17. The standard InChI is InChI=1S/C17H22FN3O/c1-11(2)10-21-13(4)14(12(3)20-21)9-17(22)19-16-8-6-5-7-15(16)18/h5-8,11H,9-10H2,1-4H3,(H,19,22). The maximum Gasteiger partial charge on any atom is 0.229 e. The van der Waals surface area contributed by atoms with Gasteiger partial charge in [0.15, 0.2) is 0 Å². The molecule has 2 aromatic rings. The topological polar surface area (TPSA) is 46.9 Å². The molecule has 1 aromatic carbocycles. The summed E-state index contributed by atoms with van der Waals surface area (Å²) in [5.41, 5.74) is 2.96. The summed E-state index contributed by atoms with van der Waals surface area (Å²) < 4.78 is 15.5. The number of para-hydroxylation sites is 1. The first-order valence-corrected chi connectivity index (χ1v) is 7.45. The first-order valence-electron chi connectivity index (χ1n) is 7.45. The van der Waals surface area contributed by atoms with Crippen LogP contribution in [0.1, 0.15) is 30.8 Å². The van der Waals surface area contributed by atoms with Crippen LogP contribution in [0.3, 0.4) is 0 Å². The summed E-state index contributed by atoms with van der Waals surface area (Å²) in [7, 11) is 0. The van der Waals surface area contributed by atoms with Gasteiger partial charge in [-0.3, -0.25) is 9.48 Å². The second kappa shape index (κ2) is 6.73. The van der Waals surface area contributed by atoms with E-state index in [0.717, 1.165) is 23.5 Å². The fraction of sp³-hybridized carbons (Fsp3) is 0.412. The molecule has 0 atom stereocenters. The van der Waals surface area contributed by atoms with E-state index in [1.54, 1.807) is 18.2 Å². The van der Waals surface area contributed by atoms with E-state index in [9.17, 15) is 9.18 Å². The van der Waals surface area contributed by atoms with Gasteiger partial charge < -0.3 is 5.32 Å². The molecule has 0 bridgehead atoms. The lowest BCUT2D eigenvalue weighted by Crippen LogP contribution is -2.16. The number of nitrogens with zero attached hydrogens (tertiary/aromatic N) is 2. The van der Waals surface area contributed by atoms with Gasteiger partial charge in [0.05, 0.1) is 17.8 Å². The van der Waals surface area contributed by atoms with Crippen LogP contribution in [0.15, 0.2) is 24.3 Å². The Hall–Kier alpha value is -2.17. The molecule has 1 amide bonds. The molecule has 0 fully saturated rings. The van der Waals surface area contributed by atoms with Gasteiger partial charge in [0, 0.05) is 17.8 Å². The number of amides is 1. The fourth-order valence-corrected chi connectivity index (χ4v) is 2.43. The number of carbonyl (C=O) groups excluding carboxylic acids is 1. The predicted octanol–water partition coefficient (Wildman–Crippen LogP) is 3.48. The highest BCUT2D eigenvalue weighted by Gasteiger charge is 2.16. The molecule has 0 saturated carbocycles. The van der Waals surface area contributed by atoms with Crippen LogP contribution in [0.5, 0.6) is 0 Å². The monoisotopic (exact) mass is 303 g/mol. The van der Waals surface area contributed by atoms with E-state index in [1.165, 1.54) is 6.07 Å². The average molecular weight is 303 g/mol. The molecule has 0 radical (unpaired) electrons. The number of benzene rings is 1. The summed E-state index contributed by atoms with van der Waals surface area (Å²) in [5, 5.41) is 7.10. The largest absolute Gasteiger partial charge is 0.323 e. The highest BCUT2D eigenvalue weighted by atomic mass is 19.1. The Morgan fingerprint density at radius 2 is 2.00 bits per heavy atom. The van der Waals surface area contributed by atoms with Gasteiger partial charge in [-0.1, -0.05) is 26.0 Å². The van der Waals surface area contributed by atoms with Crippen LogP contribution in [0.2, 0.25) is 0 Å². The highest BCUT2D eigenvalue weighted by molar-refractivity contribution is 5.92. The zero-order valence-corrected chi connectivity index (χ0v) is 13.5. The van der Waals surface area contributed by atoms with Crippen molar-refractivity contribution >= 4 is 11.6 Å². The summed E-state index contributed by atoms with van der Waals surface area (Å²) in [5.74, 6) is -0.182. The Kier molecular flexibility index (Phi) is 4.96. The Bertz CT molecular complexity index is 677. The normalized spacial score (nSPS) is 11.0. The molecule has 2 rings (SSSR count). The number of halogens is 1. The molecule has 1 N–H and O–H groups in total. The van der Waals surface area contributed by atoms with Crippen LogP contribution in [0, 0.1) is 25.6 Å². The van der Waals surface area contributed by atoms with Gasteiger partial charge in [0.2, 0.25) is 5.91 Å². The predicted molar refractivity (Wildman–Crippen MR) is 85.3 cm³/mol. The van der Waals surface area contributed by atoms with Crippen LogP contribution in [-0.4, -0.2) is 15.7 Å². The molecule has 1 aromatic heterocycles. The molecule has 0 aliphatic carbocycles. The number of hydrogen-bond donors (Lipinski definition) is 1. The van der Waals surface area contributed by atoms with Crippen molar-refractivity contribution in [1.82, 2.24) is 9.78 Å². The molecular weight excluding hydrogens is 281 g/mol. The van der Waals surface area contributed by atoms with Crippen LogP contribution in [0.4, 0.5) is 10.1 Å². The number of aromatic nitrogens is 2. The van der Waals surface area contributed by atoms with Crippen molar-refractivity contribution in [2.75, 3.05) is 5.32 Å². The van der Waals surface area contributed by atoms with Gasteiger partial charge in [0.1, 0.15) is 5.82 Å².